The molecule has 0 aromatic heterocycles. The van der Waals surface area contributed by atoms with Crippen molar-refractivity contribution in [3.8, 4) is 5.75 Å². The number of aliphatic hydroxyl groups excluding tert-OH is 1. The molecule has 0 saturated heterocycles. The summed E-state index contributed by atoms with van der Waals surface area (Å²) in [5.41, 5.74) is 0.802. The van der Waals surface area contributed by atoms with E-state index in [9.17, 15) is 14.3 Å². The number of nitrogens with one attached hydrogen (secondary N) is 1. The van der Waals surface area contributed by atoms with Crippen molar-refractivity contribution in [1.29, 1.82) is 0 Å². The maximum Gasteiger partial charge on any atom is 0.261 e. The first-order chi connectivity index (χ1) is 10.6. The van der Waals surface area contributed by atoms with Crippen LogP contribution in [0.1, 0.15) is 18.5 Å². The number of hydrogen-bond donors (Lipinski definition) is 2. The molecular formula is C17H18FNO3. The molecule has 2 aromatic rings. The molecule has 116 valence electrons. The van der Waals surface area contributed by atoms with Crippen LogP contribution in [-0.4, -0.2) is 23.7 Å². The number of aliphatic hydroxyl groups is 1. The SMILES string of the molecule is CC(Oc1cccc(F)c1)C(=O)N[C@H](CO)c1ccccc1. The Kier molecular flexibility index (Phi) is 5.49. The number of rotatable bonds is 6. The van der Waals surface area contributed by atoms with Crippen LogP contribution >= 0.6 is 0 Å². The minimum atomic E-state index is -0.806. The zero-order chi connectivity index (χ0) is 15.9. The highest BCUT2D eigenvalue weighted by Crippen LogP contribution is 2.15. The summed E-state index contributed by atoms with van der Waals surface area (Å²) in [5, 5.41) is 12.1. The van der Waals surface area contributed by atoms with Gasteiger partial charge in [-0.3, -0.25) is 4.79 Å². The van der Waals surface area contributed by atoms with Crippen LogP contribution in [0.15, 0.2) is 54.6 Å². The molecule has 2 N–H and O–H groups in total. The van der Waals surface area contributed by atoms with Crippen molar-refractivity contribution >= 4 is 5.91 Å². The van der Waals surface area contributed by atoms with Gasteiger partial charge < -0.3 is 15.2 Å². The Morgan fingerprint density at radius 1 is 1.23 bits per heavy atom. The molecule has 0 aliphatic rings. The average molecular weight is 303 g/mol. The summed E-state index contributed by atoms with van der Waals surface area (Å²) in [6.45, 7) is 1.35. The first kappa shape index (κ1) is 16.0. The van der Waals surface area contributed by atoms with E-state index in [4.69, 9.17) is 4.74 Å². The minimum Gasteiger partial charge on any atom is -0.481 e. The molecule has 0 fully saturated rings. The summed E-state index contributed by atoms with van der Waals surface area (Å²) in [7, 11) is 0. The quantitative estimate of drug-likeness (QED) is 0.862. The Hall–Kier alpha value is -2.40. The Balaban J connectivity index is 1.98. The third kappa shape index (κ3) is 4.30. The van der Waals surface area contributed by atoms with Gasteiger partial charge in [-0.25, -0.2) is 4.39 Å². The first-order valence-electron chi connectivity index (χ1n) is 6.98. The van der Waals surface area contributed by atoms with Crippen molar-refractivity contribution in [1.82, 2.24) is 5.32 Å². The standard InChI is InChI=1S/C17H18FNO3/c1-12(22-15-9-5-8-14(18)10-15)17(21)19-16(11-20)13-6-3-2-4-7-13/h2-10,12,16,20H,11H2,1H3,(H,19,21)/t12?,16-/m1/s1. The summed E-state index contributed by atoms with van der Waals surface area (Å²) in [5.74, 6) is -0.530. The second-order valence-corrected chi connectivity index (χ2v) is 4.87. The predicted molar refractivity (Wildman–Crippen MR) is 80.9 cm³/mol. The van der Waals surface area contributed by atoms with Gasteiger partial charge in [-0.1, -0.05) is 36.4 Å². The van der Waals surface area contributed by atoms with Gasteiger partial charge in [0.2, 0.25) is 0 Å². The van der Waals surface area contributed by atoms with Crippen molar-refractivity contribution < 1.29 is 19.0 Å². The van der Waals surface area contributed by atoms with Crippen LogP contribution in [0, 0.1) is 5.82 Å². The van der Waals surface area contributed by atoms with Gasteiger partial charge in [-0.15, -0.1) is 0 Å². The third-order valence-electron chi connectivity index (χ3n) is 3.18. The Morgan fingerprint density at radius 2 is 1.95 bits per heavy atom. The van der Waals surface area contributed by atoms with Crippen LogP contribution in [-0.2, 0) is 4.79 Å². The summed E-state index contributed by atoms with van der Waals surface area (Å²) in [6.07, 6.45) is -0.806. The van der Waals surface area contributed by atoms with Crippen molar-refractivity contribution in [2.75, 3.05) is 6.61 Å². The average Bonchev–Trinajstić information content (AvgIpc) is 2.53. The van der Waals surface area contributed by atoms with Crippen molar-refractivity contribution in [2.45, 2.75) is 19.1 Å². The second kappa shape index (κ2) is 7.56. The molecule has 0 saturated carbocycles. The zero-order valence-corrected chi connectivity index (χ0v) is 12.2. The number of ether oxygens (including phenoxy) is 1. The number of carbonyl (C=O) groups excluding carboxylic acids is 1. The van der Waals surface area contributed by atoms with Gasteiger partial charge in [0.05, 0.1) is 12.6 Å². The molecule has 2 rings (SSSR count). The van der Waals surface area contributed by atoms with Gasteiger partial charge in [-0.05, 0) is 24.6 Å². The fourth-order valence-electron chi connectivity index (χ4n) is 2.01. The van der Waals surface area contributed by atoms with E-state index in [-0.39, 0.29) is 18.3 Å². The monoisotopic (exact) mass is 303 g/mol. The molecule has 0 aliphatic carbocycles. The number of carbonyl (C=O) groups is 1. The van der Waals surface area contributed by atoms with Crippen molar-refractivity contribution in [3.63, 3.8) is 0 Å². The van der Waals surface area contributed by atoms with Crippen LogP contribution in [0.3, 0.4) is 0 Å². The van der Waals surface area contributed by atoms with E-state index in [1.54, 1.807) is 13.0 Å². The predicted octanol–water partition coefficient (Wildman–Crippen LogP) is 2.44. The largest absolute Gasteiger partial charge is 0.481 e. The third-order valence-corrected chi connectivity index (χ3v) is 3.18. The van der Waals surface area contributed by atoms with Crippen LogP contribution in [0.25, 0.3) is 0 Å². The Labute approximate surface area is 128 Å². The molecule has 0 heterocycles. The van der Waals surface area contributed by atoms with Crippen LogP contribution in [0.2, 0.25) is 0 Å². The number of benzene rings is 2. The van der Waals surface area contributed by atoms with Gasteiger partial charge in [0, 0.05) is 6.07 Å². The lowest BCUT2D eigenvalue weighted by molar-refractivity contribution is -0.128. The molecule has 2 aromatic carbocycles. The van der Waals surface area contributed by atoms with Crippen LogP contribution in [0.4, 0.5) is 4.39 Å². The molecule has 2 atom stereocenters. The molecule has 0 radical (unpaired) electrons. The fraction of sp³-hybridized carbons (Fsp3) is 0.235. The van der Waals surface area contributed by atoms with Gasteiger partial charge in [0.1, 0.15) is 11.6 Å². The summed E-state index contributed by atoms with van der Waals surface area (Å²) >= 11 is 0. The lowest BCUT2D eigenvalue weighted by Crippen LogP contribution is -2.39. The van der Waals surface area contributed by atoms with E-state index < -0.39 is 18.0 Å². The molecule has 1 unspecified atom stereocenters. The molecule has 0 spiro atoms. The van der Waals surface area contributed by atoms with Gasteiger partial charge >= 0.3 is 0 Å². The van der Waals surface area contributed by atoms with Crippen LogP contribution in [0.5, 0.6) is 5.75 Å². The van der Waals surface area contributed by atoms with E-state index >= 15 is 0 Å². The Bertz CT molecular complexity index is 618. The molecular weight excluding hydrogens is 285 g/mol. The topological polar surface area (TPSA) is 58.6 Å². The molecule has 0 bridgehead atoms. The molecule has 5 heteroatoms. The smallest absolute Gasteiger partial charge is 0.261 e. The van der Waals surface area contributed by atoms with Gasteiger partial charge in [0.25, 0.3) is 5.91 Å². The molecule has 4 nitrogen and oxygen atoms in total. The van der Waals surface area contributed by atoms with Crippen LogP contribution < -0.4 is 10.1 Å². The maximum absolute atomic E-state index is 13.1. The van der Waals surface area contributed by atoms with E-state index in [0.717, 1.165) is 5.56 Å². The zero-order valence-electron chi connectivity index (χ0n) is 12.2. The van der Waals surface area contributed by atoms with E-state index in [0.29, 0.717) is 0 Å². The van der Waals surface area contributed by atoms with Gasteiger partial charge in [0.15, 0.2) is 6.10 Å². The highest BCUT2D eigenvalue weighted by molar-refractivity contribution is 5.81. The molecule has 0 aliphatic heterocycles. The van der Waals surface area contributed by atoms with E-state index in [1.165, 1.54) is 18.2 Å². The number of amides is 1. The summed E-state index contributed by atoms with van der Waals surface area (Å²) in [6, 6.07) is 14.2. The Morgan fingerprint density at radius 3 is 2.59 bits per heavy atom. The van der Waals surface area contributed by atoms with Crippen molar-refractivity contribution in [3.05, 3.63) is 66.0 Å². The van der Waals surface area contributed by atoms with E-state index in [1.807, 2.05) is 30.3 Å². The maximum atomic E-state index is 13.1. The second-order valence-electron chi connectivity index (χ2n) is 4.87. The lowest BCUT2D eigenvalue weighted by atomic mass is 10.1. The highest BCUT2D eigenvalue weighted by Gasteiger charge is 2.19. The van der Waals surface area contributed by atoms with E-state index in [2.05, 4.69) is 5.32 Å². The first-order valence-corrected chi connectivity index (χ1v) is 6.98. The normalized spacial score (nSPS) is 13.2. The molecule has 1 amide bonds. The summed E-state index contributed by atoms with van der Waals surface area (Å²) < 4.78 is 18.5. The lowest BCUT2D eigenvalue weighted by Gasteiger charge is -2.20. The number of hydrogen-bond acceptors (Lipinski definition) is 3. The minimum absolute atomic E-state index is 0.220. The molecule has 22 heavy (non-hydrogen) atoms. The van der Waals surface area contributed by atoms with Gasteiger partial charge in [-0.2, -0.15) is 0 Å². The summed E-state index contributed by atoms with van der Waals surface area (Å²) in [4.78, 5) is 12.1. The fourth-order valence-corrected chi connectivity index (χ4v) is 2.01. The highest BCUT2D eigenvalue weighted by atomic mass is 19.1. The van der Waals surface area contributed by atoms with Crippen molar-refractivity contribution in [2.24, 2.45) is 0 Å². The number of halogens is 1.